The summed E-state index contributed by atoms with van der Waals surface area (Å²) in [6.45, 7) is 2.46. The summed E-state index contributed by atoms with van der Waals surface area (Å²) in [5.41, 5.74) is 1.96. The van der Waals surface area contributed by atoms with E-state index in [2.05, 4.69) is 10.3 Å². The average Bonchev–Trinajstić information content (AvgIpc) is 3.03. The highest BCUT2D eigenvalue weighted by atomic mass is 32.1. The van der Waals surface area contributed by atoms with Gasteiger partial charge in [0, 0.05) is 6.54 Å². The Morgan fingerprint density at radius 3 is 3.05 bits per heavy atom. The van der Waals surface area contributed by atoms with Crippen molar-refractivity contribution in [1.29, 1.82) is 0 Å². The molecule has 1 aliphatic heterocycles. The number of carboxylic acid groups (broad SMARTS) is 1. The maximum absolute atomic E-state index is 12.2. The van der Waals surface area contributed by atoms with Crippen LogP contribution in [0.4, 0.5) is 9.93 Å². The zero-order valence-electron chi connectivity index (χ0n) is 11.5. The van der Waals surface area contributed by atoms with Crippen LogP contribution >= 0.6 is 11.3 Å². The number of nitrogens with one attached hydrogen (secondary N) is 1. The molecule has 1 unspecified atom stereocenters. The molecule has 1 aliphatic rings. The topological polar surface area (TPSA) is 82.5 Å². The van der Waals surface area contributed by atoms with Crippen LogP contribution in [-0.4, -0.2) is 39.6 Å². The summed E-state index contributed by atoms with van der Waals surface area (Å²) >= 11 is 1.39. The van der Waals surface area contributed by atoms with Crippen molar-refractivity contribution in [2.75, 3.05) is 11.9 Å². The lowest BCUT2D eigenvalue weighted by atomic mass is 10.2. The second-order valence-electron chi connectivity index (χ2n) is 5.11. The molecule has 3 rings (SSSR count). The number of nitrogens with zero attached hydrogens (tertiary/aromatic N) is 2. The molecule has 2 heterocycles. The normalized spacial score (nSPS) is 18.1. The number of thiazole rings is 1. The molecule has 2 aromatic rings. The van der Waals surface area contributed by atoms with Crippen molar-refractivity contribution < 1.29 is 14.7 Å². The number of benzene rings is 1. The summed E-state index contributed by atoms with van der Waals surface area (Å²) in [6, 6.07) is 4.76. The van der Waals surface area contributed by atoms with Gasteiger partial charge in [-0.15, -0.1) is 0 Å². The number of aryl methyl sites for hydroxylation is 1. The molecular formula is C14H15N3O3S. The molecular weight excluding hydrogens is 290 g/mol. The van der Waals surface area contributed by atoms with Gasteiger partial charge >= 0.3 is 12.0 Å². The number of rotatable bonds is 2. The smallest absolute Gasteiger partial charge is 0.326 e. The Hall–Kier alpha value is -2.15. The number of carboxylic acids is 1. The lowest BCUT2D eigenvalue weighted by molar-refractivity contribution is -0.141. The quantitative estimate of drug-likeness (QED) is 0.893. The van der Waals surface area contributed by atoms with Crippen LogP contribution in [0.15, 0.2) is 18.2 Å². The number of aromatic nitrogens is 1. The Balaban J connectivity index is 1.78. The Bertz CT molecular complexity index is 713. The van der Waals surface area contributed by atoms with E-state index in [1.165, 1.54) is 16.2 Å². The number of carbonyl (C=O) groups is 2. The summed E-state index contributed by atoms with van der Waals surface area (Å²) in [6.07, 6.45) is 1.21. The Labute approximate surface area is 125 Å². The van der Waals surface area contributed by atoms with Crippen molar-refractivity contribution >= 4 is 38.7 Å². The van der Waals surface area contributed by atoms with E-state index < -0.39 is 18.0 Å². The molecule has 0 radical (unpaired) electrons. The monoisotopic (exact) mass is 305 g/mol. The minimum atomic E-state index is -0.956. The summed E-state index contributed by atoms with van der Waals surface area (Å²) in [5.74, 6) is -0.956. The summed E-state index contributed by atoms with van der Waals surface area (Å²) in [5, 5.41) is 12.3. The fraction of sp³-hybridized carbons (Fsp3) is 0.357. The van der Waals surface area contributed by atoms with Gasteiger partial charge in [-0.05, 0) is 37.5 Å². The minimum Gasteiger partial charge on any atom is -0.480 e. The molecule has 6 nitrogen and oxygen atoms in total. The lowest BCUT2D eigenvalue weighted by Gasteiger charge is -2.20. The third-order valence-corrected chi connectivity index (χ3v) is 4.49. The summed E-state index contributed by atoms with van der Waals surface area (Å²) in [7, 11) is 0. The predicted molar refractivity (Wildman–Crippen MR) is 80.7 cm³/mol. The van der Waals surface area contributed by atoms with Crippen LogP contribution in [0.25, 0.3) is 10.2 Å². The Kier molecular flexibility index (Phi) is 3.50. The molecule has 2 N–H and O–H groups in total. The van der Waals surface area contributed by atoms with Gasteiger partial charge in [-0.2, -0.15) is 0 Å². The van der Waals surface area contributed by atoms with Gasteiger partial charge in [-0.1, -0.05) is 17.4 Å². The number of fused-ring (bicyclic) bond motifs is 1. The first kappa shape index (κ1) is 13.8. The number of hydrogen-bond acceptors (Lipinski definition) is 4. The predicted octanol–water partition coefficient (Wildman–Crippen LogP) is 2.69. The molecule has 0 spiro atoms. The standard InChI is InChI=1S/C14H15N3O3S/c1-8-4-5-9-11(7-8)21-13(15-9)16-14(20)17-6-2-3-10(17)12(18)19/h4-5,7,10H,2-3,6H2,1H3,(H,18,19)(H,15,16,20). The average molecular weight is 305 g/mol. The van der Waals surface area contributed by atoms with Crippen molar-refractivity contribution in [1.82, 2.24) is 9.88 Å². The molecule has 7 heteroatoms. The van der Waals surface area contributed by atoms with Gasteiger partial charge in [0.25, 0.3) is 0 Å². The number of likely N-dealkylation sites (tertiary alicyclic amines) is 1. The highest BCUT2D eigenvalue weighted by Crippen LogP contribution is 2.27. The lowest BCUT2D eigenvalue weighted by Crippen LogP contribution is -2.42. The second kappa shape index (κ2) is 5.33. The van der Waals surface area contributed by atoms with Gasteiger partial charge in [0.2, 0.25) is 0 Å². The molecule has 110 valence electrons. The van der Waals surface area contributed by atoms with Crippen molar-refractivity contribution in [2.45, 2.75) is 25.8 Å². The number of amides is 2. The number of carbonyl (C=O) groups excluding carboxylic acids is 1. The molecule has 0 aliphatic carbocycles. The van der Waals surface area contributed by atoms with E-state index in [-0.39, 0.29) is 0 Å². The maximum atomic E-state index is 12.2. The van der Waals surface area contributed by atoms with Gasteiger partial charge in [-0.3, -0.25) is 5.32 Å². The number of aliphatic carboxylic acids is 1. The molecule has 0 saturated carbocycles. The van der Waals surface area contributed by atoms with Gasteiger partial charge < -0.3 is 10.0 Å². The Morgan fingerprint density at radius 2 is 2.29 bits per heavy atom. The van der Waals surface area contributed by atoms with Crippen LogP contribution in [-0.2, 0) is 4.79 Å². The highest BCUT2D eigenvalue weighted by molar-refractivity contribution is 7.22. The van der Waals surface area contributed by atoms with E-state index in [9.17, 15) is 9.59 Å². The van der Waals surface area contributed by atoms with Gasteiger partial charge in [0.1, 0.15) is 6.04 Å². The summed E-state index contributed by atoms with van der Waals surface area (Å²) in [4.78, 5) is 29.0. The van der Waals surface area contributed by atoms with Gasteiger partial charge in [-0.25, -0.2) is 14.6 Å². The van der Waals surface area contributed by atoms with Crippen LogP contribution < -0.4 is 5.32 Å². The van der Waals surface area contributed by atoms with Crippen LogP contribution in [0.2, 0.25) is 0 Å². The molecule has 21 heavy (non-hydrogen) atoms. The Morgan fingerprint density at radius 1 is 1.48 bits per heavy atom. The minimum absolute atomic E-state index is 0.393. The molecule has 1 saturated heterocycles. The van der Waals surface area contributed by atoms with Crippen LogP contribution in [0, 0.1) is 6.92 Å². The van der Waals surface area contributed by atoms with E-state index in [1.807, 2.05) is 25.1 Å². The maximum Gasteiger partial charge on any atom is 0.326 e. The first-order valence-corrected chi connectivity index (χ1v) is 7.54. The molecule has 1 atom stereocenters. The summed E-state index contributed by atoms with van der Waals surface area (Å²) < 4.78 is 1.00. The molecule has 1 fully saturated rings. The van der Waals surface area contributed by atoms with E-state index in [1.54, 1.807) is 0 Å². The van der Waals surface area contributed by atoms with Gasteiger partial charge in [0.05, 0.1) is 10.2 Å². The second-order valence-corrected chi connectivity index (χ2v) is 6.14. The largest absolute Gasteiger partial charge is 0.480 e. The fourth-order valence-corrected chi connectivity index (χ4v) is 3.47. The van der Waals surface area contributed by atoms with E-state index in [0.717, 1.165) is 15.8 Å². The van der Waals surface area contributed by atoms with Crippen molar-refractivity contribution in [3.63, 3.8) is 0 Å². The van der Waals surface area contributed by atoms with Crippen LogP contribution in [0.5, 0.6) is 0 Å². The van der Waals surface area contributed by atoms with Crippen molar-refractivity contribution in [2.24, 2.45) is 0 Å². The third-order valence-electron chi connectivity index (χ3n) is 3.56. The SMILES string of the molecule is Cc1ccc2nc(NC(=O)N3CCCC3C(=O)O)sc2c1. The first-order valence-electron chi connectivity index (χ1n) is 6.72. The van der Waals surface area contributed by atoms with E-state index >= 15 is 0 Å². The van der Waals surface area contributed by atoms with Crippen molar-refractivity contribution in [3.8, 4) is 0 Å². The third kappa shape index (κ3) is 2.69. The molecule has 1 aromatic heterocycles. The zero-order chi connectivity index (χ0) is 15.0. The highest BCUT2D eigenvalue weighted by Gasteiger charge is 2.34. The number of anilines is 1. The molecule has 1 aromatic carbocycles. The van der Waals surface area contributed by atoms with E-state index in [4.69, 9.17) is 5.11 Å². The fourth-order valence-electron chi connectivity index (χ4n) is 2.52. The van der Waals surface area contributed by atoms with Crippen LogP contribution in [0.3, 0.4) is 0 Å². The number of urea groups is 1. The molecule has 2 amide bonds. The van der Waals surface area contributed by atoms with Crippen LogP contribution in [0.1, 0.15) is 18.4 Å². The number of hydrogen-bond donors (Lipinski definition) is 2. The first-order chi connectivity index (χ1) is 10.0. The van der Waals surface area contributed by atoms with Crippen molar-refractivity contribution in [3.05, 3.63) is 23.8 Å². The molecule has 0 bridgehead atoms. The zero-order valence-corrected chi connectivity index (χ0v) is 12.3. The van der Waals surface area contributed by atoms with Gasteiger partial charge in [0.15, 0.2) is 5.13 Å². The van der Waals surface area contributed by atoms with E-state index in [0.29, 0.717) is 24.5 Å².